The molecule has 0 aliphatic carbocycles. The van der Waals surface area contributed by atoms with Crippen LogP contribution >= 0.6 is 0 Å². The number of hydrogen-bond acceptors (Lipinski definition) is 24. The van der Waals surface area contributed by atoms with E-state index in [4.69, 9.17) is 19.0 Å². The molecule has 0 saturated carbocycles. The second-order valence-corrected chi connectivity index (χ2v) is 26.9. The Morgan fingerprint density at radius 2 is 1.08 bits per heavy atom. The number of piperidine rings is 1. The maximum Gasteiger partial charge on any atom is 0.322 e. The number of sulfone groups is 2. The Morgan fingerprint density at radius 1 is 0.598 bits per heavy atom. The lowest BCUT2D eigenvalue weighted by Crippen LogP contribution is -2.43. The van der Waals surface area contributed by atoms with E-state index < -0.39 is 30.2 Å². The molecule has 1 aliphatic heterocycles. The fourth-order valence-electron chi connectivity index (χ4n) is 9.29. The quantitative estimate of drug-likeness (QED) is 0.0658. The third kappa shape index (κ3) is 14.8. The number of carbonyl (C=O) groups excluding carboxylic acids is 1. The van der Waals surface area contributed by atoms with Gasteiger partial charge in [-0.1, -0.05) is 66.1 Å². The Bertz CT molecular complexity index is 4590. The molecule has 0 radical (unpaired) electrons. The van der Waals surface area contributed by atoms with Gasteiger partial charge in [0.2, 0.25) is 17.7 Å². The molecule has 28 heteroatoms. The number of carbonyl (C=O) groups is 1. The molecule has 0 spiro atoms. The second-order valence-electron chi connectivity index (χ2n) is 21.9. The predicted molar refractivity (Wildman–Crippen MR) is 351 cm³/mol. The number of hydrogen-bond donors (Lipinski definition) is 4. The minimum Gasteiger partial charge on any atom is -0.415 e. The van der Waals surface area contributed by atoms with Crippen molar-refractivity contribution in [1.82, 2.24) is 80.9 Å². The van der Waals surface area contributed by atoms with Gasteiger partial charge in [0.25, 0.3) is 17.7 Å². The number of nitrogen functional groups attached to an aromatic ring is 1. The minimum absolute atomic E-state index is 0. The summed E-state index contributed by atoms with van der Waals surface area (Å²) in [6.07, 6.45) is 11.3. The molecule has 12 rings (SSSR count). The lowest BCUT2D eigenvalue weighted by Gasteiger charge is -2.21. The van der Waals surface area contributed by atoms with Gasteiger partial charge in [-0.3, -0.25) is 24.8 Å². The van der Waals surface area contributed by atoms with Crippen molar-refractivity contribution in [3.63, 3.8) is 0 Å². The molecule has 26 nitrogen and oxygen atoms in total. The van der Waals surface area contributed by atoms with E-state index in [1.807, 2.05) is 93.3 Å². The summed E-state index contributed by atoms with van der Waals surface area (Å²) < 4.78 is 68.6. The van der Waals surface area contributed by atoms with Crippen LogP contribution in [-0.2, 0) is 31.0 Å². The predicted octanol–water partition coefficient (Wildman–Crippen LogP) is 10.8. The molecule has 11 aromatic rings. The molecule has 1 fully saturated rings. The lowest BCUT2D eigenvalue weighted by molar-refractivity contribution is -0.118. The van der Waals surface area contributed by atoms with E-state index in [2.05, 4.69) is 88.5 Å². The Balaban J connectivity index is 0.000000200. The molecular weight excluding hydrogens is 1210 g/mol. The van der Waals surface area contributed by atoms with Gasteiger partial charge in [-0.2, -0.15) is 5.10 Å². The van der Waals surface area contributed by atoms with Crippen LogP contribution in [0.1, 0.15) is 88.1 Å². The molecule has 92 heavy (non-hydrogen) atoms. The van der Waals surface area contributed by atoms with Gasteiger partial charge in [0.15, 0.2) is 31.2 Å². The van der Waals surface area contributed by atoms with Crippen molar-refractivity contribution in [2.75, 3.05) is 24.6 Å². The van der Waals surface area contributed by atoms with Crippen molar-refractivity contribution >= 4 is 37.4 Å². The van der Waals surface area contributed by atoms with Gasteiger partial charge in [-0.15, -0.1) is 25.5 Å². The van der Waals surface area contributed by atoms with E-state index in [0.29, 0.717) is 51.7 Å². The van der Waals surface area contributed by atoms with Gasteiger partial charge < -0.3 is 29.6 Å². The molecule has 1 aliphatic rings. The molecule has 1 unspecified atom stereocenters. The first kappa shape index (κ1) is 64.8. The molecule has 0 bridgehead atoms. The fraction of sp³-hybridized carbons (Fsp3) is 0.281. The maximum atomic E-state index is 12.4. The number of nitrogens with two attached hydrogens (primary N) is 1. The van der Waals surface area contributed by atoms with Crippen LogP contribution in [0.25, 0.3) is 91.4 Å². The SMILES string of the molecule is CC(C)S(=O)(=O)c1ccc(-c2cnc(N)c(-c3nnc(NC(=O)[C@@H]4CCCCN4)o3)n2)cc1.CCn1cc(-c2cnc(C)c(-c3nnc(-c4ccccc4)o3)n2)cn1.CNC(C)c1ccc(-c2nnc(-c3nc(-c4ccc(S(=O)(=O)C(C)C)cc4)cnc3C)o2)cc1.[HH].[HH].[HH]. The molecule has 2 atom stereocenters. The van der Waals surface area contributed by atoms with Crippen LogP contribution in [0.3, 0.4) is 0 Å². The van der Waals surface area contributed by atoms with Crippen LogP contribution in [0.4, 0.5) is 11.8 Å². The molecule has 5 N–H and O–H groups in total. The fourth-order valence-corrected chi connectivity index (χ4v) is 11.4. The maximum absolute atomic E-state index is 12.4. The number of rotatable bonds is 17. The third-order valence-electron chi connectivity index (χ3n) is 15.0. The van der Waals surface area contributed by atoms with E-state index in [9.17, 15) is 21.6 Å². The van der Waals surface area contributed by atoms with Gasteiger partial charge in [0.1, 0.15) is 11.4 Å². The van der Waals surface area contributed by atoms with E-state index in [1.54, 1.807) is 82.7 Å². The summed E-state index contributed by atoms with van der Waals surface area (Å²) in [5.41, 5.74) is 15.4. The summed E-state index contributed by atoms with van der Waals surface area (Å²) in [6.45, 7) is 16.0. The summed E-state index contributed by atoms with van der Waals surface area (Å²) in [6, 6.07) is 30.5. The van der Waals surface area contributed by atoms with Gasteiger partial charge in [-0.05, 0) is 136 Å². The average Bonchev–Trinajstić information content (AvgIpc) is 1.80. The normalized spacial score (nSPS) is 13.7. The first-order chi connectivity index (χ1) is 44.2. The molecular formula is C64H74N18O8S2. The van der Waals surface area contributed by atoms with Crippen LogP contribution < -0.4 is 21.7 Å². The van der Waals surface area contributed by atoms with E-state index in [-0.39, 0.29) is 61.4 Å². The third-order valence-corrected chi connectivity index (χ3v) is 19.4. The van der Waals surface area contributed by atoms with Crippen LogP contribution in [0.15, 0.2) is 157 Å². The molecule has 480 valence electrons. The minimum atomic E-state index is -3.38. The standard InChI is InChI=1S/C25H27N5O3S.C21H25N7O4S.C18H16N6O.3H2/c1-15(2)34(31,32)21-12-10-19(11-13-21)22-14-27-17(4)23(28-22)25-30-29-24(33-25)20-8-6-18(7-9-20)16(3)26-5;1-12(2)33(30,31)14-8-6-13(7-9-14)16-11-24-18(22)17(25-16)20-27-28-21(32-20)26-19(29)15-5-3-4-10-23-15;1-3-24-11-14(9-20-24)15-10-19-12(2)16(21-15)18-23-22-17(25-18)13-7-5-4-6-8-13;;;/h6-16,26H,1-5H3;6-9,11-12,15,23H,3-5,10H2,1-2H3,(H2,22,24)(H,26,28,29);4-11H,3H2,1-2H3;3*1H/t;15-;;;;/m.0..../s1. The number of benzene rings is 4. The van der Waals surface area contributed by atoms with Gasteiger partial charge in [0, 0.05) is 50.9 Å². The van der Waals surface area contributed by atoms with E-state index >= 15 is 0 Å². The highest BCUT2D eigenvalue weighted by atomic mass is 32.2. The van der Waals surface area contributed by atoms with E-state index in [1.165, 1.54) is 18.3 Å². The van der Waals surface area contributed by atoms with Crippen LogP contribution in [0.2, 0.25) is 0 Å². The van der Waals surface area contributed by atoms with Crippen LogP contribution in [-0.4, -0.2) is 123 Å². The van der Waals surface area contributed by atoms with Crippen molar-refractivity contribution in [2.45, 2.75) is 114 Å². The van der Waals surface area contributed by atoms with E-state index in [0.717, 1.165) is 71.6 Å². The Kier molecular flexibility index (Phi) is 20.0. The highest BCUT2D eigenvalue weighted by molar-refractivity contribution is 7.92. The van der Waals surface area contributed by atoms with Crippen molar-refractivity contribution in [3.8, 4) is 91.4 Å². The summed E-state index contributed by atoms with van der Waals surface area (Å²) in [5, 5.41) is 36.7. The van der Waals surface area contributed by atoms with Gasteiger partial charge in [0.05, 0.1) is 79.6 Å². The van der Waals surface area contributed by atoms with Crippen molar-refractivity contribution < 1.29 is 39.2 Å². The highest BCUT2D eigenvalue weighted by Gasteiger charge is 2.26. The zero-order valence-corrected chi connectivity index (χ0v) is 53.6. The van der Waals surface area contributed by atoms with Gasteiger partial charge >= 0.3 is 6.01 Å². The van der Waals surface area contributed by atoms with Crippen LogP contribution in [0, 0.1) is 13.8 Å². The summed E-state index contributed by atoms with van der Waals surface area (Å²) in [4.78, 5) is 39.7. The lowest BCUT2D eigenvalue weighted by atomic mass is 10.0. The number of anilines is 2. The molecule has 8 heterocycles. The first-order valence-electron chi connectivity index (χ1n) is 29.6. The first-order valence-corrected chi connectivity index (χ1v) is 32.7. The zero-order valence-electron chi connectivity index (χ0n) is 52.0. The second kappa shape index (κ2) is 28.3. The number of nitrogens with zero attached hydrogens (tertiary/aromatic N) is 14. The Labute approximate surface area is 535 Å². The Morgan fingerprint density at radius 3 is 1.58 bits per heavy atom. The molecule has 1 saturated heterocycles. The van der Waals surface area contributed by atoms with Crippen molar-refractivity contribution in [1.29, 1.82) is 0 Å². The highest BCUT2D eigenvalue weighted by Crippen LogP contribution is 2.32. The topological polar surface area (TPSA) is 359 Å². The number of nitrogens with one attached hydrogen (secondary N) is 3. The largest absolute Gasteiger partial charge is 0.415 e. The number of amides is 1. The van der Waals surface area contributed by atoms with Crippen molar-refractivity contribution in [2.24, 2.45) is 0 Å². The molecule has 1 amide bonds. The van der Waals surface area contributed by atoms with Gasteiger partial charge in [-0.25, -0.2) is 36.8 Å². The summed E-state index contributed by atoms with van der Waals surface area (Å²) >= 11 is 0. The molecule has 4 aromatic carbocycles. The van der Waals surface area contributed by atoms with Crippen LogP contribution in [0.5, 0.6) is 0 Å². The number of aryl methyl sites for hydroxylation is 3. The van der Waals surface area contributed by atoms with Crippen molar-refractivity contribution in [3.05, 3.63) is 151 Å². The monoisotopic (exact) mass is 1290 g/mol. The summed E-state index contributed by atoms with van der Waals surface area (Å²) in [7, 11) is -4.80. The smallest absolute Gasteiger partial charge is 0.322 e. The number of aromatic nitrogens is 14. The summed E-state index contributed by atoms with van der Waals surface area (Å²) in [5.74, 6) is 1.33. The molecule has 7 aromatic heterocycles. The average molecular weight is 1290 g/mol. The zero-order chi connectivity index (χ0) is 65.3. The Hall–Kier alpha value is -10.2.